The molecule has 0 amide bonds. The highest BCUT2D eigenvalue weighted by Crippen LogP contribution is 2.38. The lowest BCUT2D eigenvalue weighted by Gasteiger charge is -2.21. The molecule has 0 aromatic rings. The standard InChI is InChI=1S/C3H9OPS2/c1-3-4-5(2,6)7/h3H2,1-2H3,(H,6,7)/p-1. The quantitative estimate of drug-likeness (QED) is 0.442. The monoisotopic (exact) mass is 155 g/mol. The molecule has 0 N–H and O–H groups in total. The number of hydrogen-bond donors (Lipinski definition) is 0. The maximum Gasteiger partial charge on any atom is 0.0465 e. The van der Waals surface area contributed by atoms with Crippen LogP contribution in [0.3, 0.4) is 0 Å². The molecule has 44 valence electrons. The van der Waals surface area contributed by atoms with E-state index in [0.717, 1.165) is 0 Å². The molecule has 1 atom stereocenters. The SMILES string of the molecule is CCOP(C)(=S)[S-]. The molecule has 0 aliphatic rings. The van der Waals surface area contributed by atoms with Gasteiger partial charge < -0.3 is 16.8 Å². The Morgan fingerprint density at radius 1 is 1.86 bits per heavy atom. The molecule has 0 aromatic carbocycles. The van der Waals surface area contributed by atoms with Crippen molar-refractivity contribution < 1.29 is 4.52 Å². The van der Waals surface area contributed by atoms with E-state index < -0.39 is 5.47 Å². The molecular weight excluding hydrogens is 147 g/mol. The van der Waals surface area contributed by atoms with Gasteiger partial charge in [0, 0.05) is 6.61 Å². The first kappa shape index (κ1) is 7.96. The second-order valence-corrected chi connectivity index (χ2v) is 7.86. The smallest absolute Gasteiger partial charge is 0.0465 e. The first-order chi connectivity index (χ1) is 3.06. The zero-order chi connectivity index (χ0) is 5.91. The summed E-state index contributed by atoms with van der Waals surface area (Å²) in [5, 5.41) is 0. The van der Waals surface area contributed by atoms with Gasteiger partial charge in [-0.05, 0) is 13.6 Å². The number of rotatable bonds is 2. The zero-order valence-electron chi connectivity index (χ0n) is 4.38. The Balaban J connectivity index is 3.36. The van der Waals surface area contributed by atoms with Gasteiger partial charge in [0.2, 0.25) is 0 Å². The molecule has 0 spiro atoms. The van der Waals surface area contributed by atoms with E-state index in [-0.39, 0.29) is 0 Å². The lowest BCUT2D eigenvalue weighted by molar-refractivity contribution is 0.388. The van der Waals surface area contributed by atoms with Gasteiger partial charge in [-0.1, -0.05) is 17.3 Å². The molecule has 0 bridgehead atoms. The highest BCUT2D eigenvalue weighted by Gasteiger charge is 1.84. The molecule has 0 saturated carbocycles. The third-order valence-electron chi connectivity index (χ3n) is 0.364. The minimum absolute atomic E-state index is 0.650. The van der Waals surface area contributed by atoms with Crippen LogP contribution in [0.25, 0.3) is 0 Å². The van der Waals surface area contributed by atoms with Gasteiger partial charge in [-0.2, -0.15) is 0 Å². The third-order valence-corrected chi connectivity index (χ3v) is 1.72. The van der Waals surface area contributed by atoms with E-state index in [1.807, 2.05) is 6.92 Å². The van der Waals surface area contributed by atoms with Gasteiger partial charge in [-0.25, -0.2) is 0 Å². The summed E-state index contributed by atoms with van der Waals surface area (Å²) in [6, 6.07) is 0. The van der Waals surface area contributed by atoms with Crippen LogP contribution in [-0.2, 0) is 28.6 Å². The molecule has 0 saturated heterocycles. The fourth-order valence-electron chi connectivity index (χ4n) is 0.235. The Labute approximate surface area is 54.7 Å². The summed E-state index contributed by atoms with van der Waals surface area (Å²) in [7, 11) is 0. The summed E-state index contributed by atoms with van der Waals surface area (Å²) in [4.78, 5) is 0. The first-order valence-corrected chi connectivity index (χ1v) is 6.17. The Kier molecular flexibility index (Phi) is 3.50. The van der Waals surface area contributed by atoms with Gasteiger partial charge in [0.15, 0.2) is 0 Å². The van der Waals surface area contributed by atoms with Crippen molar-refractivity contribution in [3.63, 3.8) is 0 Å². The molecule has 0 rings (SSSR count). The van der Waals surface area contributed by atoms with E-state index in [9.17, 15) is 0 Å². The van der Waals surface area contributed by atoms with Crippen LogP contribution in [0.2, 0.25) is 0 Å². The Morgan fingerprint density at radius 2 is 2.29 bits per heavy atom. The third kappa shape index (κ3) is 6.96. The van der Waals surface area contributed by atoms with Crippen LogP contribution in [-0.4, -0.2) is 13.3 Å². The highest BCUT2D eigenvalue weighted by atomic mass is 32.9. The van der Waals surface area contributed by atoms with Crippen molar-refractivity contribution in [1.82, 2.24) is 0 Å². The Bertz CT molecular complexity index is 86.9. The van der Waals surface area contributed by atoms with Gasteiger partial charge in [0.1, 0.15) is 0 Å². The molecule has 0 fully saturated rings. The van der Waals surface area contributed by atoms with E-state index in [1.165, 1.54) is 0 Å². The van der Waals surface area contributed by atoms with Gasteiger partial charge in [0.05, 0.1) is 0 Å². The van der Waals surface area contributed by atoms with Crippen LogP contribution >= 0.6 is 5.47 Å². The average Bonchev–Trinajstić information content (AvgIpc) is 1.30. The highest BCUT2D eigenvalue weighted by molar-refractivity contribution is 8.53. The van der Waals surface area contributed by atoms with Crippen LogP contribution in [0.15, 0.2) is 0 Å². The van der Waals surface area contributed by atoms with Gasteiger partial charge in [-0.3, -0.25) is 0 Å². The van der Waals surface area contributed by atoms with E-state index in [1.54, 1.807) is 6.66 Å². The fourth-order valence-corrected chi connectivity index (χ4v) is 1.34. The first-order valence-electron chi connectivity index (χ1n) is 1.99. The summed E-state index contributed by atoms with van der Waals surface area (Å²) in [6.07, 6.45) is 0. The van der Waals surface area contributed by atoms with Crippen molar-refractivity contribution in [2.45, 2.75) is 6.92 Å². The molecule has 0 radical (unpaired) electrons. The molecule has 0 aromatic heterocycles. The molecule has 0 aliphatic heterocycles. The second-order valence-electron chi connectivity index (χ2n) is 1.19. The minimum atomic E-state index is -1.75. The summed E-state index contributed by atoms with van der Waals surface area (Å²) >= 11 is 9.58. The van der Waals surface area contributed by atoms with Crippen LogP contribution in [0, 0.1) is 0 Å². The van der Waals surface area contributed by atoms with Crippen molar-refractivity contribution in [1.29, 1.82) is 0 Å². The minimum Gasteiger partial charge on any atom is -0.720 e. The van der Waals surface area contributed by atoms with Gasteiger partial charge in [-0.15, -0.1) is 0 Å². The average molecular weight is 155 g/mol. The maximum absolute atomic E-state index is 4.97. The normalized spacial score (nSPS) is 18.7. The van der Waals surface area contributed by atoms with Crippen molar-refractivity contribution in [2.24, 2.45) is 0 Å². The van der Waals surface area contributed by atoms with Crippen molar-refractivity contribution in [3.05, 3.63) is 0 Å². The van der Waals surface area contributed by atoms with Crippen LogP contribution in [0.4, 0.5) is 0 Å². The van der Waals surface area contributed by atoms with E-state index in [2.05, 4.69) is 0 Å². The Morgan fingerprint density at radius 3 is 2.29 bits per heavy atom. The van der Waals surface area contributed by atoms with Crippen LogP contribution < -0.4 is 0 Å². The fraction of sp³-hybridized carbons (Fsp3) is 1.00. The molecule has 0 heterocycles. The molecule has 4 heteroatoms. The van der Waals surface area contributed by atoms with E-state index in [4.69, 9.17) is 28.6 Å². The van der Waals surface area contributed by atoms with Gasteiger partial charge in [0.25, 0.3) is 0 Å². The molecular formula is C3H8OPS2-. The lowest BCUT2D eigenvalue weighted by Crippen LogP contribution is -1.81. The van der Waals surface area contributed by atoms with Crippen LogP contribution in [0.1, 0.15) is 6.92 Å². The van der Waals surface area contributed by atoms with E-state index in [0.29, 0.717) is 6.61 Å². The maximum atomic E-state index is 4.97. The van der Waals surface area contributed by atoms with Crippen LogP contribution in [0.5, 0.6) is 0 Å². The predicted molar refractivity (Wildman–Crippen MR) is 39.2 cm³/mol. The summed E-state index contributed by atoms with van der Waals surface area (Å²) in [6.45, 7) is 4.34. The molecule has 1 nitrogen and oxygen atoms in total. The summed E-state index contributed by atoms with van der Waals surface area (Å²) in [5.41, 5.74) is -1.75. The lowest BCUT2D eigenvalue weighted by atomic mass is 10.9. The van der Waals surface area contributed by atoms with Crippen molar-refractivity contribution in [3.8, 4) is 0 Å². The Hall–Kier alpha value is 0.960. The topological polar surface area (TPSA) is 9.23 Å². The number of hydrogen-bond acceptors (Lipinski definition) is 3. The predicted octanol–water partition coefficient (Wildman–Crippen LogP) is 1.51. The summed E-state index contributed by atoms with van der Waals surface area (Å²) in [5.74, 6) is 0. The zero-order valence-corrected chi connectivity index (χ0v) is 6.91. The largest absolute Gasteiger partial charge is 0.720 e. The molecule has 0 aliphatic carbocycles. The summed E-state index contributed by atoms with van der Waals surface area (Å²) < 4.78 is 4.97. The van der Waals surface area contributed by atoms with E-state index >= 15 is 0 Å². The van der Waals surface area contributed by atoms with Crippen molar-refractivity contribution >= 4 is 29.5 Å². The molecule has 7 heavy (non-hydrogen) atoms. The molecule has 1 unspecified atom stereocenters. The van der Waals surface area contributed by atoms with Gasteiger partial charge >= 0.3 is 0 Å². The second kappa shape index (κ2) is 3.08. The van der Waals surface area contributed by atoms with Crippen molar-refractivity contribution in [2.75, 3.05) is 13.3 Å².